The van der Waals surface area contributed by atoms with Gasteiger partial charge in [0.2, 0.25) is 5.78 Å². The third kappa shape index (κ3) is 1.52. The highest BCUT2D eigenvalue weighted by atomic mass is 16.6. The number of carbonyl (C=O) groups excluding carboxylic acids is 3. The molecule has 2 N–H and O–H groups in total. The van der Waals surface area contributed by atoms with E-state index in [9.17, 15) is 24.6 Å². The molecule has 0 saturated carbocycles. The summed E-state index contributed by atoms with van der Waals surface area (Å²) in [5.74, 6) is -3.43. The quantitative estimate of drug-likeness (QED) is 0.478. The molecule has 1 aliphatic carbocycles. The number of aryl methyl sites for hydroxylation is 1. The van der Waals surface area contributed by atoms with Crippen LogP contribution in [-0.4, -0.2) is 39.6 Å². The molecule has 1 saturated heterocycles. The first kappa shape index (κ1) is 15.8. The van der Waals surface area contributed by atoms with Crippen LogP contribution in [0.15, 0.2) is 6.07 Å². The van der Waals surface area contributed by atoms with Crippen LogP contribution in [0.2, 0.25) is 0 Å². The zero-order valence-electron chi connectivity index (χ0n) is 14.1. The number of ether oxygens (including phenoxy) is 2. The van der Waals surface area contributed by atoms with Gasteiger partial charge in [-0.2, -0.15) is 0 Å². The number of benzene rings is 1. The lowest BCUT2D eigenvalue weighted by molar-refractivity contribution is -0.139. The summed E-state index contributed by atoms with van der Waals surface area (Å²) in [6.07, 6.45) is -0.521. The highest BCUT2D eigenvalue weighted by Crippen LogP contribution is 2.51. The van der Waals surface area contributed by atoms with Gasteiger partial charge in [0.1, 0.15) is 28.7 Å². The van der Waals surface area contributed by atoms with Gasteiger partial charge in [-0.1, -0.05) is 13.8 Å². The largest absolute Gasteiger partial charge is 0.507 e. The lowest BCUT2D eigenvalue weighted by atomic mass is 9.66. The zero-order valence-corrected chi connectivity index (χ0v) is 14.1. The van der Waals surface area contributed by atoms with E-state index in [0.717, 1.165) is 0 Å². The molecule has 0 radical (unpaired) electrons. The minimum absolute atomic E-state index is 0.00926. The maximum Gasteiger partial charge on any atom is 0.350 e. The molecule has 0 spiro atoms. The van der Waals surface area contributed by atoms with Crippen LogP contribution in [-0.2, 0) is 19.1 Å². The first-order valence-electron chi connectivity index (χ1n) is 7.85. The summed E-state index contributed by atoms with van der Waals surface area (Å²) in [4.78, 5) is 37.5. The van der Waals surface area contributed by atoms with Crippen LogP contribution >= 0.6 is 0 Å². The number of carbonyl (C=O) groups is 3. The third-order valence-corrected chi connectivity index (χ3v) is 5.70. The normalized spacial score (nSPS) is 29.2. The molecule has 1 aromatic rings. The van der Waals surface area contributed by atoms with E-state index in [1.807, 2.05) is 0 Å². The molecule has 3 aliphatic rings. The zero-order chi connectivity index (χ0) is 18.5. The molecule has 2 aliphatic heterocycles. The summed E-state index contributed by atoms with van der Waals surface area (Å²) in [5, 5.41) is 21.7. The van der Waals surface area contributed by atoms with Crippen molar-refractivity contribution in [1.82, 2.24) is 0 Å². The van der Waals surface area contributed by atoms with Crippen molar-refractivity contribution in [3.63, 3.8) is 0 Å². The number of phenols is 1. The van der Waals surface area contributed by atoms with Gasteiger partial charge in [0, 0.05) is 15.9 Å². The molecule has 7 heteroatoms. The van der Waals surface area contributed by atoms with Crippen molar-refractivity contribution in [2.75, 3.05) is 0 Å². The number of ketones is 1. The molecular formula is C18H16O7. The topological polar surface area (TPSA) is 110 Å². The second-order valence-electron chi connectivity index (χ2n) is 7.24. The van der Waals surface area contributed by atoms with Gasteiger partial charge in [0.05, 0.1) is 0 Å². The van der Waals surface area contributed by atoms with Crippen molar-refractivity contribution in [2.24, 2.45) is 5.41 Å². The number of phenolic OH excluding ortho intramolecular Hbond substituents is 1. The number of esters is 2. The Labute approximate surface area is 142 Å². The fraction of sp³-hybridized carbons (Fsp3) is 0.389. The summed E-state index contributed by atoms with van der Waals surface area (Å²) in [5.41, 5.74) is -3.30. The first-order chi connectivity index (χ1) is 11.5. The number of Topliss-reactive ketones (excluding diaryl/α,β-unsaturated/α-hetero) is 1. The molecule has 0 bridgehead atoms. The van der Waals surface area contributed by atoms with Crippen LogP contribution in [0.1, 0.15) is 36.7 Å². The summed E-state index contributed by atoms with van der Waals surface area (Å²) < 4.78 is 10.5. The average Bonchev–Trinajstić information content (AvgIpc) is 2.67. The molecule has 130 valence electrons. The Hall–Kier alpha value is -2.67. The SMILES string of the molecule is Cc1cc(O)c2c3c1=C1O[C@@H](C)C(C)(C)[C@@]1(O)C(=O)C=3C(=O)OC2=O. The first-order valence-corrected chi connectivity index (χ1v) is 7.85. The summed E-state index contributed by atoms with van der Waals surface area (Å²) in [6, 6.07) is 1.32. The van der Waals surface area contributed by atoms with E-state index >= 15 is 0 Å². The molecular weight excluding hydrogens is 328 g/mol. The molecule has 0 amide bonds. The molecule has 0 unspecified atom stereocenters. The highest BCUT2D eigenvalue weighted by Gasteiger charge is 2.65. The Morgan fingerprint density at radius 1 is 1.12 bits per heavy atom. The second kappa shape index (κ2) is 4.29. The Morgan fingerprint density at radius 2 is 1.76 bits per heavy atom. The molecule has 2 atom stereocenters. The fourth-order valence-electron chi connectivity index (χ4n) is 3.86. The lowest BCUT2D eigenvalue weighted by Gasteiger charge is -2.36. The van der Waals surface area contributed by atoms with Crippen molar-refractivity contribution in [3.8, 4) is 5.75 Å². The second-order valence-corrected chi connectivity index (χ2v) is 7.24. The smallest absolute Gasteiger partial charge is 0.350 e. The van der Waals surface area contributed by atoms with Gasteiger partial charge < -0.3 is 19.7 Å². The minimum Gasteiger partial charge on any atom is -0.507 e. The van der Waals surface area contributed by atoms with Gasteiger partial charge in [-0.05, 0) is 25.5 Å². The van der Waals surface area contributed by atoms with Gasteiger partial charge >= 0.3 is 11.9 Å². The predicted molar refractivity (Wildman–Crippen MR) is 83.6 cm³/mol. The molecule has 7 nitrogen and oxygen atoms in total. The number of hydrogen-bond donors (Lipinski definition) is 2. The molecule has 1 fully saturated rings. The Balaban J connectivity index is 2.34. The van der Waals surface area contributed by atoms with Gasteiger partial charge in [0.15, 0.2) is 5.60 Å². The van der Waals surface area contributed by atoms with E-state index in [1.165, 1.54) is 6.07 Å². The highest BCUT2D eigenvalue weighted by molar-refractivity contribution is 6.45. The average molecular weight is 344 g/mol. The van der Waals surface area contributed by atoms with E-state index in [-0.39, 0.29) is 21.8 Å². The Kier molecular flexibility index (Phi) is 2.72. The number of aliphatic hydroxyl groups is 1. The van der Waals surface area contributed by atoms with Crippen molar-refractivity contribution in [1.29, 1.82) is 0 Å². The summed E-state index contributed by atoms with van der Waals surface area (Å²) in [7, 11) is 0. The Morgan fingerprint density at radius 3 is 2.40 bits per heavy atom. The number of aromatic hydroxyl groups is 1. The fourth-order valence-corrected chi connectivity index (χ4v) is 3.86. The van der Waals surface area contributed by atoms with Crippen LogP contribution < -0.4 is 10.4 Å². The van der Waals surface area contributed by atoms with Crippen LogP contribution in [0, 0.1) is 12.3 Å². The molecule has 25 heavy (non-hydrogen) atoms. The Bertz CT molecular complexity index is 1030. The standard InChI is InChI=1S/C18H16O7/c1-6-5-8(19)10-11-9(6)14-18(23,17(3,4)7(2)24-14)13(20)12(11)16(22)25-15(10)21/h5,7,19,23H,1-4H3/t7-,18+/m0/s1. The van der Waals surface area contributed by atoms with Crippen LogP contribution in [0.25, 0.3) is 11.3 Å². The molecule has 1 aromatic carbocycles. The number of fused-ring (bicyclic) bond motifs is 1. The minimum atomic E-state index is -2.06. The maximum atomic E-state index is 13.1. The molecule has 2 heterocycles. The predicted octanol–water partition coefficient (Wildman–Crippen LogP) is -0.585. The maximum absolute atomic E-state index is 13.1. The van der Waals surface area contributed by atoms with E-state index in [0.29, 0.717) is 5.56 Å². The number of cyclic esters (lactones) is 2. The van der Waals surface area contributed by atoms with Gasteiger partial charge in [-0.25, -0.2) is 9.59 Å². The van der Waals surface area contributed by atoms with Crippen LogP contribution in [0.3, 0.4) is 0 Å². The number of hydrogen-bond acceptors (Lipinski definition) is 7. The summed E-state index contributed by atoms with van der Waals surface area (Å²) in [6.45, 7) is 6.70. The number of rotatable bonds is 0. The van der Waals surface area contributed by atoms with Gasteiger partial charge in [-0.15, -0.1) is 0 Å². The molecule has 0 aromatic heterocycles. The monoisotopic (exact) mass is 344 g/mol. The van der Waals surface area contributed by atoms with Crippen molar-refractivity contribution >= 4 is 29.1 Å². The summed E-state index contributed by atoms with van der Waals surface area (Å²) >= 11 is 0. The van der Waals surface area contributed by atoms with Crippen LogP contribution in [0.4, 0.5) is 0 Å². The van der Waals surface area contributed by atoms with E-state index < -0.39 is 46.2 Å². The molecule has 4 rings (SSSR count). The van der Waals surface area contributed by atoms with Crippen molar-refractivity contribution in [3.05, 3.63) is 27.6 Å². The van der Waals surface area contributed by atoms with Gasteiger partial charge in [-0.3, -0.25) is 4.79 Å². The third-order valence-electron chi connectivity index (χ3n) is 5.70. The van der Waals surface area contributed by atoms with E-state index in [2.05, 4.69) is 4.74 Å². The lowest BCUT2D eigenvalue weighted by Crippen LogP contribution is -2.60. The van der Waals surface area contributed by atoms with E-state index in [1.54, 1.807) is 27.7 Å². The van der Waals surface area contributed by atoms with Crippen molar-refractivity contribution < 1.29 is 34.1 Å². The van der Waals surface area contributed by atoms with Crippen molar-refractivity contribution in [2.45, 2.75) is 39.4 Å². The van der Waals surface area contributed by atoms with Gasteiger partial charge in [0.25, 0.3) is 0 Å². The van der Waals surface area contributed by atoms with E-state index in [4.69, 9.17) is 4.74 Å². The van der Waals surface area contributed by atoms with Crippen LogP contribution in [0.5, 0.6) is 5.75 Å².